The summed E-state index contributed by atoms with van der Waals surface area (Å²) in [5, 5.41) is 21.4. The number of halogens is 6. The number of fused-ring (bicyclic) bond motifs is 1. The molecular weight excluding hydrogens is 554 g/mol. The van der Waals surface area contributed by atoms with E-state index < -0.39 is 29.7 Å². The number of anilines is 1. The predicted molar refractivity (Wildman–Crippen MR) is 137 cm³/mol. The molecule has 194 valence electrons. The van der Waals surface area contributed by atoms with Gasteiger partial charge >= 0.3 is 6.18 Å². The lowest BCUT2D eigenvalue weighted by molar-refractivity contribution is -0.141. The minimum atomic E-state index is -4.84. The van der Waals surface area contributed by atoms with Gasteiger partial charge in [0.15, 0.2) is 11.5 Å². The molecular formula is C24H19Cl3F3N5O2. The molecule has 0 aliphatic heterocycles. The number of benzene rings is 2. The van der Waals surface area contributed by atoms with Crippen LogP contribution >= 0.6 is 34.8 Å². The molecule has 0 saturated heterocycles. The summed E-state index contributed by atoms with van der Waals surface area (Å²) >= 11 is 18.9. The number of carbonyl (C=O) groups excluding carboxylic acids is 1. The summed E-state index contributed by atoms with van der Waals surface area (Å²) in [6, 6.07) is 9.74. The second-order valence-electron chi connectivity index (χ2n) is 8.33. The molecule has 0 aliphatic rings. The highest BCUT2D eigenvalue weighted by Gasteiger charge is 2.37. The highest BCUT2D eigenvalue weighted by molar-refractivity contribution is 6.39. The highest BCUT2D eigenvalue weighted by Crippen LogP contribution is 2.39. The van der Waals surface area contributed by atoms with Crippen molar-refractivity contribution < 1.29 is 23.1 Å². The molecule has 0 bridgehead atoms. The number of aliphatic hydroxyl groups excluding tert-OH is 1. The zero-order chi connectivity index (χ0) is 27.1. The zero-order valence-electron chi connectivity index (χ0n) is 19.2. The summed E-state index contributed by atoms with van der Waals surface area (Å²) in [4.78, 5) is 17.4. The van der Waals surface area contributed by atoms with Crippen LogP contribution in [0.25, 0.3) is 16.6 Å². The van der Waals surface area contributed by atoms with Crippen molar-refractivity contribution in [2.75, 3.05) is 5.32 Å². The van der Waals surface area contributed by atoms with Crippen molar-refractivity contribution in [3.05, 3.63) is 80.7 Å². The third kappa shape index (κ3) is 5.68. The van der Waals surface area contributed by atoms with Crippen LogP contribution in [0.5, 0.6) is 0 Å². The Bertz CT molecular complexity index is 1490. The number of hydrogen-bond donors (Lipinski definition) is 3. The topological polar surface area (TPSA) is 92.1 Å². The van der Waals surface area contributed by atoms with Gasteiger partial charge in [-0.3, -0.25) is 10.1 Å². The largest absolute Gasteiger partial charge is 0.435 e. The Morgan fingerprint density at radius 2 is 1.84 bits per heavy atom. The van der Waals surface area contributed by atoms with E-state index >= 15 is 0 Å². The van der Waals surface area contributed by atoms with Gasteiger partial charge in [0.25, 0.3) is 5.91 Å². The molecule has 2 heterocycles. The molecule has 2 aromatic carbocycles. The van der Waals surface area contributed by atoms with Crippen LogP contribution < -0.4 is 10.6 Å². The maximum atomic E-state index is 13.5. The van der Waals surface area contributed by atoms with Crippen molar-refractivity contribution in [1.29, 1.82) is 0 Å². The number of hydrogen-bond acceptors (Lipinski definition) is 5. The fourth-order valence-electron chi connectivity index (χ4n) is 3.66. The Hall–Kier alpha value is -2.89. The van der Waals surface area contributed by atoms with Crippen LogP contribution in [0.2, 0.25) is 15.1 Å². The fraction of sp³-hybridized carbons (Fsp3) is 0.208. The van der Waals surface area contributed by atoms with Gasteiger partial charge in [0, 0.05) is 34.3 Å². The van der Waals surface area contributed by atoms with E-state index in [1.165, 1.54) is 18.3 Å². The lowest BCUT2D eigenvalue weighted by Crippen LogP contribution is -2.29. The van der Waals surface area contributed by atoms with Gasteiger partial charge in [0.05, 0.1) is 15.7 Å². The van der Waals surface area contributed by atoms with E-state index in [2.05, 4.69) is 20.7 Å². The van der Waals surface area contributed by atoms with Gasteiger partial charge in [-0.1, -0.05) is 40.9 Å². The van der Waals surface area contributed by atoms with E-state index in [1.54, 1.807) is 38.1 Å². The number of aliphatic hydroxyl groups is 1. The smallest absolute Gasteiger partial charge is 0.374 e. The quantitative estimate of drug-likeness (QED) is 0.225. The summed E-state index contributed by atoms with van der Waals surface area (Å²) in [5.74, 6) is -1.16. The molecule has 3 N–H and O–H groups in total. The van der Waals surface area contributed by atoms with Crippen LogP contribution in [0.15, 0.2) is 48.7 Å². The van der Waals surface area contributed by atoms with E-state index in [4.69, 9.17) is 34.8 Å². The molecule has 1 amide bonds. The van der Waals surface area contributed by atoms with Crippen molar-refractivity contribution in [2.24, 2.45) is 0 Å². The molecule has 0 spiro atoms. The van der Waals surface area contributed by atoms with Crippen LogP contribution in [-0.4, -0.2) is 31.8 Å². The molecule has 2 aromatic heterocycles. The number of amides is 1. The third-order valence-corrected chi connectivity index (χ3v) is 6.19. The maximum absolute atomic E-state index is 13.5. The van der Waals surface area contributed by atoms with E-state index in [-0.39, 0.29) is 33.2 Å². The maximum Gasteiger partial charge on any atom is 0.435 e. The van der Waals surface area contributed by atoms with Crippen LogP contribution in [0, 0.1) is 0 Å². The third-order valence-electron chi connectivity index (χ3n) is 5.27. The number of carbonyl (C=O) groups is 1. The summed E-state index contributed by atoms with van der Waals surface area (Å²) in [7, 11) is 0. The lowest BCUT2D eigenvalue weighted by Gasteiger charge is -2.22. The van der Waals surface area contributed by atoms with Gasteiger partial charge in [0.2, 0.25) is 0 Å². The van der Waals surface area contributed by atoms with Gasteiger partial charge in [-0.15, -0.1) is 0 Å². The molecule has 0 aliphatic carbocycles. The second kappa shape index (κ2) is 10.5. The Morgan fingerprint density at radius 1 is 1.11 bits per heavy atom. The summed E-state index contributed by atoms with van der Waals surface area (Å²) in [6.45, 7) is 3.60. The minimum absolute atomic E-state index is 0.00411. The minimum Gasteiger partial charge on any atom is -0.374 e. The van der Waals surface area contributed by atoms with Gasteiger partial charge in [-0.25, -0.2) is 9.67 Å². The normalized spacial score (nSPS) is 12.8. The first kappa shape index (κ1) is 27.2. The fourth-order valence-corrected chi connectivity index (χ4v) is 4.37. The monoisotopic (exact) mass is 571 g/mol. The Labute approximate surface area is 224 Å². The van der Waals surface area contributed by atoms with E-state index in [9.17, 15) is 23.1 Å². The number of pyridine rings is 1. The number of alkyl halides is 3. The molecule has 13 heteroatoms. The Kier molecular flexibility index (Phi) is 7.68. The predicted octanol–water partition coefficient (Wildman–Crippen LogP) is 6.64. The number of aromatic nitrogens is 3. The molecule has 0 saturated carbocycles. The van der Waals surface area contributed by atoms with Crippen LogP contribution in [0.4, 0.5) is 18.9 Å². The van der Waals surface area contributed by atoms with Crippen molar-refractivity contribution in [3.63, 3.8) is 0 Å². The summed E-state index contributed by atoms with van der Waals surface area (Å²) < 4.78 is 41.3. The summed E-state index contributed by atoms with van der Waals surface area (Å²) in [5.41, 5.74) is -1.65. The average molecular weight is 573 g/mol. The molecule has 1 unspecified atom stereocenters. The zero-order valence-corrected chi connectivity index (χ0v) is 21.5. The van der Waals surface area contributed by atoms with E-state index in [1.807, 2.05) is 0 Å². The molecule has 7 nitrogen and oxygen atoms in total. The van der Waals surface area contributed by atoms with Crippen molar-refractivity contribution in [1.82, 2.24) is 20.1 Å². The Balaban J connectivity index is 1.86. The molecule has 1 atom stereocenters. The van der Waals surface area contributed by atoms with Crippen molar-refractivity contribution in [2.45, 2.75) is 32.3 Å². The SMILES string of the molecule is CC(C)NC(O)c1cc2cc(Cl)ccc2c(Cl)c1NC(=O)c1cc(C(F)(F)F)nn1-c1ncccc1Cl. The average Bonchev–Trinajstić information content (AvgIpc) is 3.26. The first-order chi connectivity index (χ1) is 17.4. The molecule has 0 fully saturated rings. The van der Waals surface area contributed by atoms with E-state index in [0.717, 1.165) is 0 Å². The van der Waals surface area contributed by atoms with Crippen LogP contribution in [0.1, 0.15) is 41.8 Å². The van der Waals surface area contributed by atoms with Crippen molar-refractivity contribution in [3.8, 4) is 5.82 Å². The molecule has 0 radical (unpaired) electrons. The Morgan fingerprint density at radius 3 is 2.49 bits per heavy atom. The van der Waals surface area contributed by atoms with Crippen molar-refractivity contribution >= 4 is 57.2 Å². The van der Waals surface area contributed by atoms with Gasteiger partial charge < -0.3 is 10.4 Å². The van der Waals surface area contributed by atoms with E-state index in [0.29, 0.717) is 26.5 Å². The molecule has 4 aromatic rings. The lowest BCUT2D eigenvalue weighted by atomic mass is 10.0. The highest BCUT2D eigenvalue weighted by atomic mass is 35.5. The molecule has 4 rings (SSSR count). The standard InChI is InChI=1S/C24H19Cl3F3N5O2/c1-11(2)32-22(36)15-9-12-8-13(25)5-6-14(12)19(27)20(15)33-23(37)17-10-18(24(28,29)30)34-35(17)21-16(26)4-3-7-31-21/h3-11,22,32,36H,1-2H3,(H,33,37). The van der Waals surface area contributed by atoms with Gasteiger partial charge in [0.1, 0.15) is 11.9 Å². The van der Waals surface area contributed by atoms with Crippen LogP contribution in [0.3, 0.4) is 0 Å². The number of rotatable bonds is 6. The van der Waals surface area contributed by atoms with Gasteiger partial charge in [-0.2, -0.15) is 18.3 Å². The first-order valence-corrected chi connectivity index (χ1v) is 12.0. The summed E-state index contributed by atoms with van der Waals surface area (Å²) in [6.07, 6.45) is -4.82. The van der Waals surface area contributed by atoms with Gasteiger partial charge in [-0.05, 0) is 49.6 Å². The number of nitrogens with one attached hydrogen (secondary N) is 2. The van der Waals surface area contributed by atoms with Crippen LogP contribution in [-0.2, 0) is 6.18 Å². The number of nitrogens with zero attached hydrogens (tertiary/aromatic N) is 3. The molecule has 37 heavy (non-hydrogen) atoms. The second-order valence-corrected chi connectivity index (χ2v) is 9.55. The first-order valence-electron chi connectivity index (χ1n) is 10.8.